The smallest absolute Gasteiger partial charge is 0.495 e. The molecular weight excluding hydrogens is 2010 g/mol. The highest BCUT2D eigenvalue weighted by Crippen LogP contribution is 2.44. The summed E-state index contributed by atoms with van der Waals surface area (Å²) in [5.74, 6) is -1.20. The molecule has 804 valence electrons. The van der Waals surface area contributed by atoms with Gasteiger partial charge < -0.3 is 62.1 Å². The van der Waals surface area contributed by atoms with Gasteiger partial charge in [-0.15, -0.1) is 0 Å². The van der Waals surface area contributed by atoms with Gasteiger partial charge >= 0.3 is 28.3 Å². The number of aldehydes is 3. The van der Waals surface area contributed by atoms with Crippen molar-refractivity contribution in [3.05, 3.63) is 267 Å². The van der Waals surface area contributed by atoms with E-state index >= 15 is 0 Å². The first-order chi connectivity index (χ1) is 87.6. The lowest BCUT2D eigenvalue weighted by molar-refractivity contribution is -0.607. The molecule has 2 N–H and O–H groups in total. The fourth-order valence-electron chi connectivity index (χ4n) is 13.1. The summed E-state index contributed by atoms with van der Waals surface area (Å²) < 4.78 is 280. The van der Waals surface area contributed by atoms with Crippen molar-refractivity contribution in [2.45, 2.75) is 229 Å². The number of carbonyl (C=O) groups excluding carboxylic acids is 15. The molecule has 41 heteroatoms. The Morgan fingerprint density at radius 3 is 1.08 bits per heavy atom. The van der Waals surface area contributed by atoms with E-state index in [0.29, 0.717) is 95.1 Å². The van der Waals surface area contributed by atoms with Gasteiger partial charge in [0.15, 0.2) is 82.4 Å². The lowest BCUT2D eigenvalue weighted by Crippen LogP contribution is -2.41. The van der Waals surface area contributed by atoms with E-state index in [-0.39, 0.29) is 193 Å². The van der Waals surface area contributed by atoms with Gasteiger partial charge in [-0.25, -0.2) is 19.9 Å². The predicted molar refractivity (Wildman–Crippen MR) is 598 cm³/mol. The molecule has 6 aromatic heterocycles. The molecule has 3 saturated heterocycles. The summed E-state index contributed by atoms with van der Waals surface area (Å²) in [7, 11) is -2.54. The molecule has 0 atom stereocenters. The molecule has 0 saturated carbocycles. The summed E-state index contributed by atoms with van der Waals surface area (Å²) >= 11 is 12.0. The molecule has 0 spiro atoms. The van der Waals surface area contributed by atoms with Crippen molar-refractivity contribution in [3.63, 3.8) is 0 Å². The fourth-order valence-corrected chi connectivity index (χ4v) is 13.9. The molecule has 144 heavy (non-hydrogen) atoms. The Bertz CT molecular complexity index is 6550. The molecular formula is C103H161B4Br2ClN6O28. The first kappa shape index (κ1) is 91.0. The maximum absolute atomic E-state index is 11.8. The van der Waals surface area contributed by atoms with Crippen LogP contribution in [0.25, 0.3) is 0 Å². The third-order valence-electron chi connectivity index (χ3n) is 22.6. The van der Waals surface area contributed by atoms with Crippen LogP contribution in [-0.4, -0.2) is 185 Å². The second-order valence-electron chi connectivity index (χ2n) is 35.0. The molecule has 4 aliphatic rings. The Morgan fingerprint density at radius 2 is 0.729 bits per heavy atom. The Kier molecular flexibility index (Phi) is 33.2. The summed E-state index contributed by atoms with van der Waals surface area (Å²) in [6.07, 6.45) is 4.79. The number of rotatable bonds is 23. The van der Waals surface area contributed by atoms with Crippen LogP contribution >= 0.6 is 43.5 Å². The molecule has 4 aromatic carbocycles. The SMILES string of the molecule is C.C.C.CC(=O)c1ccc(Cl)nc1C(C)=O.CC(=O)c1ccc(Oc2ccc(B3OC(C)(C)C(C)(C)O3)c(C=O)c2)nc1C(C)=O.CC(=O)c1ccc(Oc2ccc(Br)c(C=O)c2)nc1C(C)=O.CC(=O)c1ccc(Oc2ccc3c(c2)COB3O)nc1C(C)=O.CC(=O)c1ccc[n+]([O-])c1C(C)=O.CC(=O)c1cccnc1C(C)=O.CC1(C)OB(B2OC(C)(C)C(C)(C)O2)OC1(C)C.O=Cc1cc(O)ccc1Br.[2H][2H].[2H][2H].[2H][2H].[2H][2H].[2H][2H].[2H][2H].[2H][2H].[2H][2H].[2H][2H].[2H][2H].[2H][2H].[2H][2H].[2H][2H].[2H][2H].[2H][2H].[2H][2H].[2H][2H].[2H][2H].[2H][2H].[2H][2H].[2H][2H].[2H][2H]. The first-order valence-corrected chi connectivity index (χ1v) is 45.4. The van der Waals surface area contributed by atoms with E-state index in [9.17, 15) is 82.1 Å². The minimum Gasteiger partial charge on any atom is -0.618 e. The van der Waals surface area contributed by atoms with Crippen LogP contribution in [0.4, 0.5) is 0 Å². The second-order valence-corrected chi connectivity index (χ2v) is 37.1. The number of halogens is 3. The lowest BCUT2D eigenvalue weighted by Gasteiger charge is -2.32. The zero-order valence-corrected chi connectivity index (χ0v) is 86.0. The number of hydrogen-bond donors (Lipinski definition) is 2. The summed E-state index contributed by atoms with van der Waals surface area (Å²) in [6.45, 7) is 40.6. The van der Waals surface area contributed by atoms with Gasteiger partial charge in [-0.05, 0) is 250 Å². The van der Waals surface area contributed by atoms with Gasteiger partial charge in [0.2, 0.25) is 23.4 Å². The minimum atomic E-state index is -0.906. The Morgan fingerprint density at radius 1 is 0.403 bits per heavy atom. The summed E-state index contributed by atoms with van der Waals surface area (Å²) in [4.78, 5) is 189. The Hall–Kier alpha value is -13.0. The first-order valence-electron chi connectivity index (χ1n) is 65.4. The zero-order valence-electron chi connectivity index (χ0n) is 126. The summed E-state index contributed by atoms with van der Waals surface area (Å²) in [6, 6.07) is 37.7. The van der Waals surface area contributed by atoms with Crippen LogP contribution in [0.3, 0.4) is 0 Å². The molecule has 0 bridgehead atoms. The molecule has 0 radical (unpaired) electrons. The van der Waals surface area contributed by atoms with Crippen molar-refractivity contribution in [2.75, 3.05) is 0 Å². The second kappa shape index (κ2) is 52.5. The number of Topliss-reactive ketones (excluding diaryl/α,β-unsaturated/α-hetero) is 12. The van der Waals surface area contributed by atoms with Gasteiger partial charge in [0.05, 0.1) is 45.8 Å². The van der Waals surface area contributed by atoms with Crippen LogP contribution in [0.15, 0.2) is 167 Å². The number of benzene rings is 4. The standard InChI is InChI=1S/C22H24BNO6.C16H14BNO5.C16H12BrNO4.C12H24B2O4.C9H8ClNO2.C9H9NO3.C9H9NO2.C7H5BrO2.3CH4.22H2/c1-13(26)17-8-10-19(24-20(17)14(2)27)28-16-7-9-18(15(11-16)12-25)23-29-21(3,4)22(5,6)30-23;1-9(19)13-4-6-15(18-16(13)10(2)20)23-12-3-5-14-11(7-12)8-22-17(14)21;1-9(20)13-4-6-15(18-16(13)10(2)21)22-12-3-5-14(17)11(7-12)8-19;1-9(2)10(3,4)16-13(15-9)14-17-11(5,6)12(7,8)18-14;1-5(12)7-3-4-8(10)11-9(7)6(2)13;1-6(11)8-4-3-5-10(13)9(8)7(2)12;1-6(11)8-4-3-5-10-9(8)7(2)12;8-7-2-1-6(10)3-5(7)4-9;;;;;;;;;;;;;;;;;;;;;;;;;/h7-12H,1-6H3;3-7,21H,8H2,1-2H3;3-8H,1-2H3;1-8H3;3-4H,1-2H3;3-5H,1-2H3;3-5H,1-2H3;1-4,10H;3*1H4;22*1H/i;;;;;;;;;;;22*1+1D. The number of nitrogens with zero attached hydrogens (tertiary/aromatic N) is 6. The lowest BCUT2D eigenvalue weighted by atomic mass is 9.49. The zero-order chi connectivity index (χ0) is 150. The van der Waals surface area contributed by atoms with E-state index in [1.54, 1.807) is 78.9 Å². The topological polar surface area (TPSA) is 480 Å². The highest BCUT2D eigenvalue weighted by atomic mass is 79.9. The highest BCUT2D eigenvalue weighted by Gasteiger charge is 2.64. The number of ketones is 12. The molecule has 10 heterocycles. The Labute approximate surface area is 928 Å². The van der Waals surface area contributed by atoms with E-state index in [1.807, 2.05) is 83.1 Å². The third kappa shape index (κ3) is 32.3. The highest BCUT2D eigenvalue weighted by molar-refractivity contribution is 9.10. The molecule has 34 nitrogen and oxygen atoms in total. The van der Waals surface area contributed by atoms with Crippen molar-refractivity contribution in [1.29, 1.82) is 0 Å². The molecule has 4 aliphatic heterocycles. The maximum Gasteiger partial charge on any atom is 0.495 e. The number of pyridine rings is 6. The number of phenolic OH excluding ortho intramolecular Hbond substituents is 1. The predicted octanol–water partition coefficient (Wildman–Crippen LogP) is 24.6. The largest absolute Gasteiger partial charge is 0.618 e. The van der Waals surface area contributed by atoms with Crippen LogP contribution in [0, 0.1) is 5.21 Å². The fraction of sp³-hybridized carbons (Fsp3) is 0.330. The third-order valence-corrected chi connectivity index (χ3v) is 24.3. The average Bonchev–Trinajstić information content (AvgIpc) is 1.59. The van der Waals surface area contributed by atoms with Crippen molar-refractivity contribution in [1.82, 2.24) is 24.9 Å². The molecule has 14 rings (SSSR count). The van der Waals surface area contributed by atoms with Crippen LogP contribution in [0.2, 0.25) is 5.15 Å². The van der Waals surface area contributed by atoms with Gasteiger partial charge in [-0.1, -0.05) is 77.9 Å². The van der Waals surface area contributed by atoms with E-state index < -0.39 is 45.2 Å². The molecule has 10 aromatic rings. The number of phenols is 1. The van der Waals surface area contributed by atoms with Gasteiger partial charge in [0.25, 0.3) is 5.69 Å². The summed E-state index contributed by atoms with van der Waals surface area (Å²) in [5.41, 5.74) is 3.05. The van der Waals surface area contributed by atoms with Gasteiger partial charge in [-0.3, -0.25) is 76.9 Å². The van der Waals surface area contributed by atoms with Crippen molar-refractivity contribution in [2.24, 2.45) is 0 Å². The normalized spacial score (nSPS) is 15.6. The monoisotopic (exact) mass is 2210 g/mol. The van der Waals surface area contributed by atoms with Gasteiger partial charge in [0.1, 0.15) is 62.9 Å². The van der Waals surface area contributed by atoms with Crippen molar-refractivity contribution in [3.8, 4) is 40.6 Å². The molecule has 3 fully saturated rings. The molecule has 0 aliphatic carbocycles. The van der Waals surface area contributed by atoms with Crippen LogP contribution < -0.4 is 29.9 Å². The molecule has 0 unspecified atom stereocenters. The number of carbonyl (C=O) groups is 15. The van der Waals surface area contributed by atoms with Crippen molar-refractivity contribution < 1.29 is 199 Å². The minimum absolute atomic E-state index is 0. The van der Waals surface area contributed by atoms with E-state index in [2.05, 4.69) is 56.8 Å². The van der Waals surface area contributed by atoms with Crippen LogP contribution in [-0.2, 0) is 39.2 Å². The Balaban J connectivity index is -0.0000000990. The van der Waals surface area contributed by atoms with E-state index in [1.165, 1.54) is 162 Å². The number of aromatic hydroxyl groups is 1. The van der Waals surface area contributed by atoms with Gasteiger partial charge in [0, 0.05) is 191 Å². The number of hydrogen-bond acceptors (Lipinski definition) is 33. The number of aromatic nitrogens is 6. The van der Waals surface area contributed by atoms with Crippen LogP contribution in [0.1, 0.15) is 415 Å². The number of fused-ring (bicyclic) bond motifs is 1. The van der Waals surface area contributed by atoms with Gasteiger partial charge in [-0.2, -0.15) is 4.73 Å². The molecule has 0 amide bonds. The maximum atomic E-state index is 11.8. The number of ether oxygens (including phenoxy) is 3. The summed E-state index contributed by atoms with van der Waals surface area (Å²) in [5, 5.41) is 29.8. The van der Waals surface area contributed by atoms with E-state index in [0.717, 1.165) is 5.56 Å². The van der Waals surface area contributed by atoms with Crippen molar-refractivity contribution >= 4 is 171 Å². The average molecular weight is 2210 g/mol. The quantitative estimate of drug-likeness (QED) is 0.0150. The van der Waals surface area contributed by atoms with Crippen LogP contribution in [0.5, 0.6) is 40.6 Å². The van der Waals surface area contributed by atoms with E-state index in [4.69, 9.17) is 129 Å².